The van der Waals surface area contributed by atoms with Gasteiger partial charge in [0.2, 0.25) is 15.9 Å². The molecule has 1 fully saturated rings. The molecule has 1 N–H and O–H groups in total. The number of non-ortho nitro benzene ring substituents is 1. The van der Waals surface area contributed by atoms with Gasteiger partial charge < -0.3 is 14.5 Å². The van der Waals surface area contributed by atoms with Gasteiger partial charge in [-0.15, -0.1) is 0 Å². The van der Waals surface area contributed by atoms with Gasteiger partial charge in [0.1, 0.15) is 0 Å². The first-order chi connectivity index (χ1) is 14.8. The highest BCUT2D eigenvalue weighted by Crippen LogP contribution is 2.25. The van der Waals surface area contributed by atoms with Gasteiger partial charge in [-0.2, -0.15) is 0 Å². The van der Waals surface area contributed by atoms with Crippen molar-refractivity contribution >= 4 is 27.4 Å². The number of nitro benzene ring substituents is 1. The van der Waals surface area contributed by atoms with Crippen LogP contribution in [-0.2, 0) is 14.8 Å². The molecule has 166 valence electrons. The summed E-state index contributed by atoms with van der Waals surface area (Å²) in [6.45, 7) is 2.11. The topological polar surface area (TPSA) is 135 Å². The number of methoxy groups -OCH3 is 1. The zero-order chi connectivity index (χ0) is 22.4. The molecule has 3 rings (SSSR count). The van der Waals surface area contributed by atoms with Gasteiger partial charge in [0, 0.05) is 57.5 Å². The molecule has 0 radical (unpaired) electrons. The molecule has 2 heterocycles. The molecule has 1 aromatic carbocycles. The molecule has 0 aliphatic carbocycles. The Morgan fingerprint density at radius 2 is 1.87 bits per heavy atom. The predicted octanol–water partition coefficient (Wildman–Crippen LogP) is 1.02. The first-order valence-electron chi connectivity index (χ1n) is 9.57. The number of pyridine rings is 1. The number of sulfonamides is 1. The number of ether oxygens (including phenoxy) is 1. The first kappa shape index (κ1) is 22.4. The lowest BCUT2D eigenvalue weighted by Gasteiger charge is -2.35. The molecule has 31 heavy (non-hydrogen) atoms. The smallest absolute Gasteiger partial charge is 0.269 e. The number of rotatable bonds is 8. The van der Waals surface area contributed by atoms with E-state index in [0.717, 1.165) is 30.1 Å². The first-order valence-corrected chi connectivity index (χ1v) is 11.1. The minimum atomic E-state index is -3.86. The Bertz CT molecular complexity index is 1040. The van der Waals surface area contributed by atoms with Crippen LogP contribution in [0.5, 0.6) is 5.75 Å². The lowest BCUT2D eigenvalue weighted by atomic mass is 10.2. The quantitative estimate of drug-likeness (QED) is 0.466. The number of carbonyl (C=O) groups excluding carboxylic acids is 1. The number of amides is 1. The SMILES string of the molecule is COc1cccnc1N1CCN(C(=O)CCNS(=O)(=O)c2ccc([N+](=O)[O-])cc2)CC1. The van der Waals surface area contributed by atoms with E-state index in [1.54, 1.807) is 24.3 Å². The highest BCUT2D eigenvalue weighted by Gasteiger charge is 2.24. The Kier molecular flexibility index (Phi) is 7.02. The Balaban J connectivity index is 1.48. The molecule has 2 aromatic rings. The minimum absolute atomic E-state index is 0.0130. The van der Waals surface area contributed by atoms with Crippen molar-refractivity contribution in [2.75, 3.05) is 44.7 Å². The van der Waals surface area contributed by atoms with E-state index in [9.17, 15) is 23.3 Å². The summed E-state index contributed by atoms with van der Waals surface area (Å²) in [5, 5.41) is 10.7. The third-order valence-electron chi connectivity index (χ3n) is 4.89. The summed E-state index contributed by atoms with van der Waals surface area (Å²) in [5.74, 6) is 1.25. The van der Waals surface area contributed by atoms with Gasteiger partial charge in [-0.05, 0) is 24.3 Å². The maximum Gasteiger partial charge on any atom is 0.269 e. The fourth-order valence-corrected chi connectivity index (χ4v) is 4.26. The van der Waals surface area contributed by atoms with E-state index in [0.29, 0.717) is 31.9 Å². The summed E-state index contributed by atoms with van der Waals surface area (Å²) in [7, 11) is -2.27. The number of hydrogen-bond donors (Lipinski definition) is 1. The molecule has 1 aliphatic rings. The third-order valence-corrected chi connectivity index (χ3v) is 6.37. The average Bonchev–Trinajstić information content (AvgIpc) is 2.79. The summed E-state index contributed by atoms with van der Waals surface area (Å²) < 4.78 is 32.3. The minimum Gasteiger partial charge on any atom is -0.493 e. The van der Waals surface area contributed by atoms with E-state index in [1.807, 2.05) is 11.0 Å². The zero-order valence-electron chi connectivity index (χ0n) is 16.9. The van der Waals surface area contributed by atoms with Crippen molar-refractivity contribution < 1.29 is 22.9 Å². The normalized spacial score (nSPS) is 14.4. The van der Waals surface area contributed by atoms with E-state index in [4.69, 9.17) is 4.74 Å². The van der Waals surface area contributed by atoms with Crippen molar-refractivity contribution in [3.05, 3.63) is 52.7 Å². The van der Waals surface area contributed by atoms with E-state index in [2.05, 4.69) is 9.71 Å². The molecule has 0 saturated carbocycles. The fraction of sp³-hybridized carbons (Fsp3) is 0.368. The summed E-state index contributed by atoms with van der Waals surface area (Å²) in [6.07, 6.45) is 1.70. The van der Waals surface area contributed by atoms with Crippen LogP contribution in [0.2, 0.25) is 0 Å². The second kappa shape index (κ2) is 9.71. The molecule has 0 spiro atoms. The summed E-state index contributed by atoms with van der Waals surface area (Å²) in [5.41, 5.74) is -0.198. The van der Waals surface area contributed by atoms with Crippen LogP contribution in [-0.4, -0.2) is 69.0 Å². The average molecular weight is 449 g/mol. The van der Waals surface area contributed by atoms with Crippen LogP contribution in [0, 0.1) is 10.1 Å². The highest BCUT2D eigenvalue weighted by atomic mass is 32.2. The number of aromatic nitrogens is 1. The number of piperazine rings is 1. The molecule has 0 unspecified atom stereocenters. The monoisotopic (exact) mass is 449 g/mol. The molecule has 1 saturated heterocycles. The Labute approximate surface area is 179 Å². The van der Waals surface area contributed by atoms with Crippen LogP contribution in [0.15, 0.2) is 47.5 Å². The highest BCUT2D eigenvalue weighted by molar-refractivity contribution is 7.89. The van der Waals surface area contributed by atoms with Crippen LogP contribution in [0.4, 0.5) is 11.5 Å². The van der Waals surface area contributed by atoms with Crippen molar-refractivity contribution in [1.29, 1.82) is 0 Å². The standard InChI is InChI=1S/C19H23N5O6S/c1-30-17-3-2-9-20-19(17)23-13-11-22(12-14-23)18(25)8-10-21-31(28,29)16-6-4-15(5-7-16)24(26)27/h2-7,9,21H,8,10-14H2,1H3. The van der Waals surface area contributed by atoms with Crippen LogP contribution in [0.1, 0.15) is 6.42 Å². The molecule has 1 aliphatic heterocycles. The maximum absolute atomic E-state index is 12.5. The lowest BCUT2D eigenvalue weighted by Crippen LogP contribution is -2.49. The number of hydrogen-bond acceptors (Lipinski definition) is 8. The van der Waals surface area contributed by atoms with Crippen molar-refractivity contribution in [3.8, 4) is 5.75 Å². The predicted molar refractivity (Wildman–Crippen MR) is 112 cm³/mol. The van der Waals surface area contributed by atoms with E-state index in [-0.39, 0.29) is 29.5 Å². The van der Waals surface area contributed by atoms with Gasteiger partial charge in [-0.25, -0.2) is 18.1 Å². The van der Waals surface area contributed by atoms with E-state index < -0.39 is 14.9 Å². The van der Waals surface area contributed by atoms with E-state index in [1.165, 1.54) is 0 Å². The number of benzene rings is 1. The van der Waals surface area contributed by atoms with Crippen molar-refractivity contribution in [2.24, 2.45) is 0 Å². The Morgan fingerprint density at radius 1 is 1.19 bits per heavy atom. The van der Waals surface area contributed by atoms with Crippen LogP contribution in [0.25, 0.3) is 0 Å². The Morgan fingerprint density at radius 3 is 2.48 bits per heavy atom. The van der Waals surface area contributed by atoms with Crippen molar-refractivity contribution in [2.45, 2.75) is 11.3 Å². The van der Waals surface area contributed by atoms with Gasteiger partial charge in [0.25, 0.3) is 5.69 Å². The third kappa shape index (κ3) is 5.47. The number of nitro groups is 1. The number of nitrogens with zero attached hydrogens (tertiary/aromatic N) is 4. The molecule has 0 bridgehead atoms. The molecular weight excluding hydrogens is 426 g/mol. The van der Waals surface area contributed by atoms with Crippen LogP contribution >= 0.6 is 0 Å². The van der Waals surface area contributed by atoms with Gasteiger partial charge >= 0.3 is 0 Å². The van der Waals surface area contributed by atoms with Crippen molar-refractivity contribution in [3.63, 3.8) is 0 Å². The fourth-order valence-electron chi connectivity index (χ4n) is 3.23. The second-order valence-electron chi connectivity index (χ2n) is 6.80. The number of carbonyl (C=O) groups is 1. The van der Waals surface area contributed by atoms with Gasteiger partial charge in [-0.3, -0.25) is 14.9 Å². The van der Waals surface area contributed by atoms with Crippen LogP contribution in [0.3, 0.4) is 0 Å². The van der Waals surface area contributed by atoms with Gasteiger partial charge in [-0.1, -0.05) is 0 Å². The number of anilines is 1. The summed E-state index contributed by atoms with van der Waals surface area (Å²) in [6, 6.07) is 8.18. The van der Waals surface area contributed by atoms with Gasteiger partial charge in [0.15, 0.2) is 11.6 Å². The molecule has 11 nitrogen and oxygen atoms in total. The molecule has 12 heteroatoms. The number of nitrogens with one attached hydrogen (secondary N) is 1. The van der Waals surface area contributed by atoms with Crippen LogP contribution < -0.4 is 14.4 Å². The van der Waals surface area contributed by atoms with Crippen molar-refractivity contribution in [1.82, 2.24) is 14.6 Å². The summed E-state index contributed by atoms with van der Waals surface area (Å²) >= 11 is 0. The molecule has 1 aromatic heterocycles. The summed E-state index contributed by atoms with van der Waals surface area (Å²) in [4.78, 5) is 30.5. The lowest BCUT2D eigenvalue weighted by molar-refractivity contribution is -0.384. The van der Waals surface area contributed by atoms with Gasteiger partial charge in [0.05, 0.1) is 16.9 Å². The second-order valence-corrected chi connectivity index (χ2v) is 8.56. The Hall–Kier alpha value is -3.25. The largest absolute Gasteiger partial charge is 0.493 e. The molecular formula is C19H23N5O6S. The maximum atomic E-state index is 12.5. The zero-order valence-corrected chi connectivity index (χ0v) is 17.7. The molecule has 0 atom stereocenters. The van der Waals surface area contributed by atoms with E-state index >= 15 is 0 Å². The molecule has 1 amide bonds.